The number of benzene rings is 3. The molecule has 0 aromatic heterocycles. The summed E-state index contributed by atoms with van der Waals surface area (Å²) in [5.74, 6) is -0.295. The quantitative estimate of drug-likeness (QED) is 0.228. The molecule has 0 bridgehead atoms. The molecule has 6 nitrogen and oxygen atoms in total. The normalized spacial score (nSPS) is 11.1. The van der Waals surface area contributed by atoms with Gasteiger partial charge in [0.2, 0.25) is 5.78 Å². The molecular formula is C24H21NO5S. The predicted octanol–water partition coefficient (Wildman–Crippen LogP) is 4.62. The second kappa shape index (κ2) is 11.1. The van der Waals surface area contributed by atoms with E-state index in [1.165, 1.54) is 18.7 Å². The van der Waals surface area contributed by atoms with Crippen molar-refractivity contribution in [2.75, 3.05) is 13.2 Å². The van der Waals surface area contributed by atoms with Crippen molar-refractivity contribution in [1.29, 1.82) is 0 Å². The van der Waals surface area contributed by atoms with Crippen LogP contribution in [-0.4, -0.2) is 35.8 Å². The summed E-state index contributed by atoms with van der Waals surface area (Å²) in [6.45, 7) is 1.69. The van der Waals surface area contributed by atoms with Crippen molar-refractivity contribution in [3.8, 4) is 5.75 Å². The minimum absolute atomic E-state index is 0.0481. The van der Waals surface area contributed by atoms with Crippen molar-refractivity contribution in [3.05, 3.63) is 90.0 Å². The summed E-state index contributed by atoms with van der Waals surface area (Å²) >= 11 is 1.43. The molecule has 0 unspecified atom stereocenters. The highest BCUT2D eigenvalue weighted by atomic mass is 32.2. The van der Waals surface area contributed by atoms with E-state index in [1.807, 2.05) is 24.3 Å². The van der Waals surface area contributed by atoms with Gasteiger partial charge in [-0.3, -0.25) is 4.79 Å². The van der Waals surface area contributed by atoms with Gasteiger partial charge in [-0.05, 0) is 55.5 Å². The maximum atomic E-state index is 12.9. The molecule has 0 saturated heterocycles. The van der Waals surface area contributed by atoms with E-state index in [0.29, 0.717) is 16.9 Å². The third-order valence-corrected chi connectivity index (χ3v) is 5.23. The second-order valence-corrected chi connectivity index (χ2v) is 7.51. The van der Waals surface area contributed by atoms with Gasteiger partial charge in [0.15, 0.2) is 0 Å². The highest BCUT2D eigenvalue weighted by molar-refractivity contribution is 7.99. The summed E-state index contributed by atoms with van der Waals surface area (Å²) in [5.41, 5.74) is 0.893. The maximum Gasteiger partial charge on any atom is 0.365 e. The van der Waals surface area contributed by atoms with Crippen LogP contribution < -0.4 is 4.74 Å². The molecule has 0 aliphatic rings. The second-order valence-electron chi connectivity index (χ2n) is 6.39. The first-order valence-electron chi connectivity index (χ1n) is 9.55. The largest absolute Gasteiger partial charge is 0.491 e. The Morgan fingerprint density at radius 3 is 2.32 bits per heavy atom. The highest BCUT2D eigenvalue weighted by Gasteiger charge is 2.16. The number of hydrogen-bond donors (Lipinski definition) is 1. The number of hydrogen-bond acceptors (Lipinski definition) is 7. The molecule has 1 N–H and O–H groups in total. The third-order valence-electron chi connectivity index (χ3n) is 4.15. The number of carbonyl (C=O) groups is 2. The lowest BCUT2D eigenvalue weighted by molar-refractivity contribution is 0.0515. The molecule has 0 spiro atoms. The van der Waals surface area contributed by atoms with Crippen LogP contribution >= 0.6 is 11.8 Å². The molecule has 0 atom stereocenters. The van der Waals surface area contributed by atoms with E-state index in [-0.39, 0.29) is 24.7 Å². The third kappa shape index (κ3) is 6.28. The number of aliphatic hydroxyl groups is 1. The number of ether oxygens (including phenoxy) is 1. The van der Waals surface area contributed by atoms with Crippen LogP contribution in [0.2, 0.25) is 0 Å². The van der Waals surface area contributed by atoms with Crippen LogP contribution in [0.3, 0.4) is 0 Å². The number of carbonyl (C=O) groups excluding carboxylic acids is 2. The number of Topliss-reactive ketones (excluding diaryl/α,β-unsaturated/α-hetero) is 1. The fourth-order valence-corrected chi connectivity index (χ4v) is 3.55. The van der Waals surface area contributed by atoms with Gasteiger partial charge in [-0.15, -0.1) is 0 Å². The molecule has 3 aromatic rings. The van der Waals surface area contributed by atoms with Gasteiger partial charge < -0.3 is 14.7 Å². The van der Waals surface area contributed by atoms with Gasteiger partial charge >= 0.3 is 5.97 Å². The van der Waals surface area contributed by atoms with E-state index >= 15 is 0 Å². The Morgan fingerprint density at radius 2 is 1.61 bits per heavy atom. The SMILES string of the molecule is C/C(=N\OC(=O)c1ccccc1)C(=O)c1ccccc1Sc1ccc(OCCO)cc1. The molecule has 3 rings (SSSR count). The molecule has 0 aliphatic heterocycles. The van der Waals surface area contributed by atoms with Crippen molar-refractivity contribution in [3.63, 3.8) is 0 Å². The zero-order valence-corrected chi connectivity index (χ0v) is 17.7. The Labute approximate surface area is 184 Å². The Morgan fingerprint density at radius 1 is 0.935 bits per heavy atom. The van der Waals surface area contributed by atoms with Crippen LogP contribution in [0, 0.1) is 0 Å². The first kappa shape index (κ1) is 22.3. The van der Waals surface area contributed by atoms with Gasteiger partial charge in [0.05, 0.1) is 12.2 Å². The van der Waals surface area contributed by atoms with Gasteiger partial charge in [0, 0.05) is 15.4 Å². The summed E-state index contributed by atoms with van der Waals surface area (Å²) in [7, 11) is 0. The van der Waals surface area contributed by atoms with Crippen LogP contribution in [0.15, 0.2) is 93.8 Å². The number of rotatable bonds is 9. The first-order valence-corrected chi connectivity index (χ1v) is 10.4. The lowest BCUT2D eigenvalue weighted by atomic mass is 10.1. The smallest absolute Gasteiger partial charge is 0.365 e. The molecule has 0 aliphatic carbocycles. The molecule has 7 heteroatoms. The molecule has 31 heavy (non-hydrogen) atoms. The van der Waals surface area contributed by atoms with Gasteiger partial charge in [0.1, 0.15) is 18.1 Å². The molecule has 158 valence electrons. The average Bonchev–Trinajstić information content (AvgIpc) is 2.82. The fraction of sp³-hybridized carbons (Fsp3) is 0.125. The molecular weight excluding hydrogens is 414 g/mol. The van der Waals surface area contributed by atoms with Crippen molar-refractivity contribution >= 4 is 29.2 Å². The first-order chi connectivity index (χ1) is 15.1. The monoisotopic (exact) mass is 435 g/mol. The zero-order valence-electron chi connectivity index (χ0n) is 16.9. The Kier molecular flexibility index (Phi) is 7.98. The Bertz CT molecular complexity index is 1060. The standard InChI is InChI=1S/C24H21NO5S/c1-17(25-30-24(28)18-7-3-2-4-8-18)23(27)21-9-5-6-10-22(21)31-20-13-11-19(12-14-20)29-16-15-26/h2-14,26H,15-16H2,1H3/b25-17+. The van der Waals surface area contributed by atoms with Gasteiger partial charge in [-0.1, -0.05) is 47.2 Å². The number of nitrogens with zero attached hydrogens (tertiary/aromatic N) is 1. The minimum atomic E-state index is -0.626. The molecule has 0 saturated carbocycles. The topological polar surface area (TPSA) is 85.2 Å². The molecule has 0 fully saturated rings. The fourth-order valence-electron chi connectivity index (χ4n) is 2.61. The number of oxime groups is 1. The van der Waals surface area contributed by atoms with Crippen LogP contribution in [0.1, 0.15) is 27.6 Å². The van der Waals surface area contributed by atoms with Gasteiger partial charge in [-0.2, -0.15) is 0 Å². The molecule has 0 amide bonds. The van der Waals surface area contributed by atoms with Crippen molar-refractivity contribution in [2.45, 2.75) is 16.7 Å². The summed E-state index contributed by atoms with van der Waals surface area (Å²) in [4.78, 5) is 31.5. The summed E-state index contributed by atoms with van der Waals surface area (Å²) in [6, 6.07) is 23.0. The molecule has 0 heterocycles. The lowest BCUT2D eigenvalue weighted by Gasteiger charge is -2.09. The van der Waals surface area contributed by atoms with E-state index in [9.17, 15) is 9.59 Å². The van der Waals surface area contributed by atoms with Gasteiger partial charge in [-0.25, -0.2) is 4.79 Å². The van der Waals surface area contributed by atoms with Crippen molar-refractivity contribution in [1.82, 2.24) is 0 Å². The number of aliphatic hydroxyl groups excluding tert-OH is 1. The summed E-state index contributed by atoms with van der Waals surface area (Å²) < 4.78 is 5.36. The van der Waals surface area contributed by atoms with Crippen LogP contribution in [-0.2, 0) is 4.84 Å². The Hall–Kier alpha value is -3.42. The van der Waals surface area contributed by atoms with E-state index in [0.717, 1.165) is 9.79 Å². The van der Waals surface area contributed by atoms with Crippen LogP contribution in [0.25, 0.3) is 0 Å². The average molecular weight is 436 g/mol. The molecule has 0 radical (unpaired) electrons. The molecule has 3 aromatic carbocycles. The number of ketones is 1. The van der Waals surface area contributed by atoms with E-state index < -0.39 is 5.97 Å². The van der Waals surface area contributed by atoms with E-state index in [1.54, 1.807) is 54.6 Å². The highest BCUT2D eigenvalue weighted by Crippen LogP contribution is 2.32. The minimum Gasteiger partial charge on any atom is -0.491 e. The van der Waals surface area contributed by atoms with E-state index in [2.05, 4.69) is 5.16 Å². The zero-order chi connectivity index (χ0) is 22.1. The Balaban J connectivity index is 1.71. The van der Waals surface area contributed by atoms with E-state index in [4.69, 9.17) is 14.7 Å². The van der Waals surface area contributed by atoms with Crippen molar-refractivity contribution < 1.29 is 24.3 Å². The summed E-state index contributed by atoms with van der Waals surface area (Å²) in [5, 5.41) is 12.6. The summed E-state index contributed by atoms with van der Waals surface area (Å²) in [6.07, 6.45) is 0. The predicted molar refractivity (Wildman–Crippen MR) is 119 cm³/mol. The van der Waals surface area contributed by atoms with Crippen molar-refractivity contribution in [2.24, 2.45) is 5.16 Å². The van der Waals surface area contributed by atoms with Crippen LogP contribution in [0.4, 0.5) is 0 Å². The van der Waals surface area contributed by atoms with Crippen LogP contribution in [0.5, 0.6) is 5.75 Å². The van der Waals surface area contributed by atoms with Gasteiger partial charge in [0.25, 0.3) is 0 Å². The maximum absolute atomic E-state index is 12.9. The lowest BCUT2D eigenvalue weighted by Crippen LogP contribution is -2.13.